The van der Waals surface area contributed by atoms with E-state index in [2.05, 4.69) is 9.97 Å². The average Bonchev–Trinajstić information content (AvgIpc) is 2.82. The second-order valence-corrected chi connectivity index (χ2v) is 6.93. The summed E-state index contributed by atoms with van der Waals surface area (Å²) < 4.78 is 0. The first-order valence-corrected chi connectivity index (χ1v) is 8.39. The van der Waals surface area contributed by atoms with Crippen LogP contribution >= 0.6 is 46.4 Å². The fraction of sp³-hybridized carbons (Fsp3) is 0.118. The van der Waals surface area contributed by atoms with Gasteiger partial charge in [-0.3, -0.25) is 0 Å². The second-order valence-electron chi connectivity index (χ2n) is 5.24. The molecule has 0 aliphatic heterocycles. The van der Waals surface area contributed by atoms with E-state index >= 15 is 0 Å². The van der Waals surface area contributed by atoms with Gasteiger partial charge in [0.2, 0.25) is 0 Å². The Morgan fingerprint density at radius 3 is 2.26 bits per heavy atom. The molecule has 1 N–H and O–H groups in total. The lowest BCUT2D eigenvalue weighted by molar-refractivity contribution is 1.02. The molecule has 1 aromatic heterocycles. The van der Waals surface area contributed by atoms with E-state index in [-0.39, 0.29) is 0 Å². The number of aryl methyl sites for hydroxylation is 1. The van der Waals surface area contributed by atoms with Crippen molar-refractivity contribution < 1.29 is 0 Å². The Kier molecular flexibility index (Phi) is 4.88. The third kappa shape index (κ3) is 3.84. The summed E-state index contributed by atoms with van der Waals surface area (Å²) in [4.78, 5) is 7.95. The van der Waals surface area contributed by atoms with Gasteiger partial charge in [-0.1, -0.05) is 52.5 Å². The zero-order valence-corrected chi connectivity index (χ0v) is 15.2. The van der Waals surface area contributed by atoms with Gasteiger partial charge in [0.1, 0.15) is 5.82 Å². The number of nitrogens with zero attached hydrogens (tertiary/aromatic N) is 1. The number of halogens is 4. The molecule has 0 bridgehead atoms. The van der Waals surface area contributed by atoms with Gasteiger partial charge in [-0.2, -0.15) is 0 Å². The lowest BCUT2D eigenvalue weighted by Crippen LogP contribution is -1.91. The van der Waals surface area contributed by atoms with Crippen LogP contribution in [-0.2, 0) is 6.42 Å². The molecule has 0 aliphatic rings. The van der Waals surface area contributed by atoms with E-state index < -0.39 is 0 Å². The first kappa shape index (κ1) is 16.7. The van der Waals surface area contributed by atoms with E-state index in [1.54, 1.807) is 12.1 Å². The van der Waals surface area contributed by atoms with Gasteiger partial charge < -0.3 is 4.98 Å². The zero-order chi connectivity index (χ0) is 16.6. The quantitative estimate of drug-likeness (QED) is 0.541. The molecule has 118 valence electrons. The molecule has 0 atom stereocenters. The lowest BCUT2D eigenvalue weighted by atomic mass is 10.1. The topological polar surface area (TPSA) is 28.7 Å². The largest absolute Gasteiger partial charge is 0.345 e. The van der Waals surface area contributed by atoms with Crippen LogP contribution in [0.1, 0.15) is 17.1 Å². The molecule has 0 amide bonds. The fourth-order valence-electron chi connectivity index (χ4n) is 2.42. The molecule has 3 rings (SSSR count). The fourth-order valence-corrected chi connectivity index (χ4v) is 3.27. The molecule has 2 nitrogen and oxygen atoms in total. The number of aromatic amines is 1. The van der Waals surface area contributed by atoms with Crippen LogP contribution in [0.15, 0.2) is 36.4 Å². The van der Waals surface area contributed by atoms with E-state index in [4.69, 9.17) is 46.4 Å². The second kappa shape index (κ2) is 6.74. The van der Waals surface area contributed by atoms with Crippen LogP contribution in [0.5, 0.6) is 0 Å². The first-order valence-electron chi connectivity index (χ1n) is 6.88. The van der Waals surface area contributed by atoms with E-state index in [9.17, 15) is 0 Å². The molecule has 3 aromatic rings. The normalized spacial score (nSPS) is 11.0. The Labute approximate surface area is 154 Å². The molecule has 0 radical (unpaired) electrons. The molecule has 0 saturated carbocycles. The summed E-state index contributed by atoms with van der Waals surface area (Å²) in [5.74, 6) is 0.840. The molecular formula is C17H12Cl4N2. The van der Waals surface area contributed by atoms with E-state index in [1.165, 1.54) is 0 Å². The summed E-state index contributed by atoms with van der Waals surface area (Å²) in [6.07, 6.45) is 0.631. The number of H-pyrrole nitrogens is 1. The van der Waals surface area contributed by atoms with Crippen LogP contribution in [0.2, 0.25) is 20.1 Å². The predicted octanol–water partition coefficient (Wildman–Crippen LogP) is 6.59. The predicted molar refractivity (Wildman–Crippen MR) is 98.0 cm³/mol. The third-order valence-corrected chi connectivity index (χ3v) is 4.60. The number of nitrogens with one attached hydrogen (secondary N) is 1. The summed E-state index contributed by atoms with van der Waals surface area (Å²) in [5.41, 5.74) is 3.71. The van der Waals surface area contributed by atoms with Gasteiger partial charge >= 0.3 is 0 Å². The molecule has 6 heteroatoms. The standard InChI is InChI=1S/C17H12Cl4N2/c1-9-17(11-6-12(18)8-13(19)7-11)23-16(22-9)5-10-2-3-14(20)15(21)4-10/h2-4,6-8H,5H2,1H3,(H,22,23). The van der Waals surface area contributed by atoms with Gasteiger partial charge in [0, 0.05) is 27.7 Å². The number of aromatic nitrogens is 2. The van der Waals surface area contributed by atoms with Crippen molar-refractivity contribution in [1.82, 2.24) is 9.97 Å². The maximum absolute atomic E-state index is 6.07. The molecular weight excluding hydrogens is 374 g/mol. The molecule has 23 heavy (non-hydrogen) atoms. The van der Waals surface area contributed by atoms with Crippen LogP contribution in [-0.4, -0.2) is 9.97 Å². The average molecular weight is 386 g/mol. The maximum atomic E-state index is 6.07. The van der Waals surface area contributed by atoms with Gasteiger partial charge in [0.25, 0.3) is 0 Å². The van der Waals surface area contributed by atoms with Gasteiger partial charge in [-0.15, -0.1) is 0 Å². The number of hydrogen-bond donors (Lipinski definition) is 1. The first-order chi connectivity index (χ1) is 10.9. The Balaban J connectivity index is 1.92. The Hall–Kier alpha value is -1.19. The minimum atomic E-state index is 0.536. The zero-order valence-electron chi connectivity index (χ0n) is 12.1. The van der Waals surface area contributed by atoms with Crippen LogP contribution in [0.4, 0.5) is 0 Å². The Morgan fingerprint density at radius 1 is 0.913 bits per heavy atom. The lowest BCUT2D eigenvalue weighted by Gasteiger charge is -2.01. The smallest absolute Gasteiger partial charge is 0.111 e. The van der Waals surface area contributed by atoms with Crippen molar-refractivity contribution in [2.75, 3.05) is 0 Å². The van der Waals surface area contributed by atoms with Crippen molar-refractivity contribution in [2.24, 2.45) is 0 Å². The molecule has 0 saturated heterocycles. The summed E-state index contributed by atoms with van der Waals surface area (Å²) in [5, 5.41) is 2.25. The maximum Gasteiger partial charge on any atom is 0.111 e. The molecule has 0 spiro atoms. The number of benzene rings is 2. The molecule has 0 aliphatic carbocycles. The summed E-state index contributed by atoms with van der Waals surface area (Å²) >= 11 is 24.1. The third-order valence-electron chi connectivity index (χ3n) is 3.43. The molecule has 0 unspecified atom stereocenters. The van der Waals surface area contributed by atoms with Crippen molar-refractivity contribution in [3.63, 3.8) is 0 Å². The Morgan fingerprint density at radius 2 is 1.61 bits per heavy atom. The van der Waals surface area contributed by atoms with Gasteiger partial charge in [0.05, 0.1) is 15.7 Å². The van der Waals surface area contributed by atoms with Crippen molar-refractivity contribution in [3.05, 3.63) is 73.6 Å². The van der Waals surface area contributed by atoms with Crippen molar-refractivity contribution >= 4 is 46.4 Å². The summed E-state index contributed by atoms with van der Waals surface area (Å²) in [6.45, 7) is 1.97. The summed E-state index contributed by atoms with van der Waals surface area (Å²) in [6, 6.07) is 11.0. The SMILES string of the molecule is Cc1[nH]c(Cc2ccc(Cl)c(Cl)c2)nc1-c1cc(Cl)cc(Cl)c1. The molecule has 0 fully saturated rings. The molecule has 1 heterocycles. The van der Waals surface area contributed by atoms with E-state index in [0.717, 1.165) is 28.3 Å². The van der Waals surface area contributed by atoms with Crippen LogP contribution < -0.4 is 0 Å². The Bertz CT molecular complexity index is 851. The van der Waals surface area contributed by atoms with Gasteiger partial charge in [0.15, 0.2) is 0 Å². The number of rotatable bonds is 3. The number of imidazole rings is 1. The van der Waals surface area contributed by atoms with E-state index in [1.807, 2.05) is 31.2 Å². The minimum Gasteiger partial charge on any atom is -0.345 e. The van der Waals surface area contributed by atoms with Gasteiger partial charge in [-0.25, -0.2) is 4.98 Å². The van der Waals surface area contributed by atoms with E-state index in [0.29, 0.717) is 26.5 Å². The summed E-state index contributed by atoms with van der Waals surface area (Å²) in [7, 11) is 0. The number of hydrogen-bond acceptors (Lipinski definition) is 1. The highest BCUT2D eigenvalue weighted by atomic mass is 35.5. The monoisotopic (exact) mass is 384 g/mol. The van der Waals surface area contributed by atoms with Crippen molar-refractivity contribution in [2.45, 2.75) is 13.3 Å². The van der Waals surface area contributed by atoms with Gasteiger partial charge in [-0.05, 0) is 42.8 Å². The van der Waals surface area contributed by atoms with Crippen molar-refractivity contribution in [1.29, 1.82) is 0 Å². The van der Waals surface area contributed by atoms with Crippen LogP contribution in [0.25, 0.3) is 11.3 Å². The highest BCUT2D eigenvalue weighted by Gasteiger charge is 2.11. The molecule has 2 aromatic carbocycles. The van der Waals surface area contributed by atoms with Crippen molar-refractivity contribution in [3.8, 4) is 11.3 Å². The highest BCUT2D eigenvalue weighted by molar-refractivity contribution is 6.42. The minimum absolute atomic E-state index is 0.536. The van der Waals surface area contributed by atoms with Crippen LogP contribution in [0, 0.1) is 6.92 Å². The van der Waals surface area contributed by atoms with Crippen LogP contribution in [0.3, 0.4) is 0 Å². The highest BCUT2D eigenvalue weighted by Crippen LogP contribution is 2.29.